The van der Waals surface area contributed by atoms with Crippen molar-refractivity contribution in [3.05, 3.63) is 70.2 Å². The van der Waals surface area contributed by atoms with Crippen molar-refractivity contribution in [1.82, 2.24) is 19.3 Å². The summed E-state index contributed by atoms with van der Waals surface area (Å²) in [6.45, 7) is 3.57. The van der Waals surface area contributed by atoms with E-state index in [1.807, 2.05) is 0 Å². The van der Waals surface area contributed by atoms with Crippen molar-refractivity contribution in [1.29, 1.82) is 0 Å². The van der Waals surface area contributed by atoms with Crippen molar-refractivity contribution in [3.8, 4) is 5.82 Å². The molecule has 134 valence electrons. The third-order valence-corrected chi connectivity index (χ3v) is 3.83. The molecule has 1 amide bonds. The van der Waals surface area contributed by atoms with Crippen molar-refractivity contribution in [3.63, 3.8) is 0 Å². The predicted octanol–water partition coefficient (Wildman–Crippen LogP) is 3.10. The number of halogens is 2. The van der Waals surface area contributed by atoms with Crippen LogP contribution in [0.4, 0.5) is 14.9 Å². The van der Waals surface area contributed by atoms with Crippen molar-refractivity contribution >= 4 is 23.3 Å². The van der Waals surface area contributed by atoms with Crippen LogP contribution < -0.4 is 10.6 Å². The number of aromatic nitrogens is 4. The molecule has 0 N–H and O–H groups in total. The van der Waals surface area contributed by atoms with E-state index in [0.29, 0.717) is 5.69 Å². The van der Waals surface area contributed by atoms with Gasteiger partial charge in [-0.15, -0.1) is 0 Å². The van der Waals surface area contributed by atoms with Crippen molar-refractivity contribution < 1.29 is 9.18 Å². The van der Waals surface area contributed by atoms with E-state index < -0.39 is 17.5 Å². The molecule has 0 atom stereocenters. The Kier molecular flexibility index (Phi) is 4.85. The Bertz CT molecular complexity index is 997. The second-order valence-electron chi connectivity index (χ2n) is 5.74. The van der Waals surface area contributed by atoms with Gasteiger partial charge in [0, 0.05) is 11.7 Å². The molecular formula is C17H15ClFN5O2. The summed E-state index contributed by atoms with van der Waals surface area (Å²) in [4.78, 5) is 30.9. The number of benzene rings is 1. The first-order valence-corrected chi connectivity index (χ1v) is 8.15. The van der Waals surface area contributed by atoms with Crippen molar-refractivity contribution in [2.45, 2.75) is 19.9 Å². The molecule has 0 saturated heterocycles. The predicted molar refractivity (Wildman–Crippen MR) is 95.4 cm³/mol. The minimum atomic E-state index is -0.683. The van der Waals surface area contributed by atoms with Crippen LogP contribution in [-0.2, 0) is 0 Å². The average molecular weight is 376 g/mol. The normalized spacial score (nSPS) is 11.0. The second kappa shape index (κ2) is 7.09. The van der Waals surface area contributed by atoms with Gasteiger partial charge in [-0.2, -0.15) is 14.3 Å². The lowest BCUT2D eigenvalue weighted by Gasteiger charge is -2.26. The molecule has 2 aromatic heterocycles. The number of hydrogen-bond donors (Lipinski definition) is 0. The fraction of sp³-hybridized carbons (Fsp3) is 0.176. The summed E-state index contributed by atoms with van der Waals surface area (Å²) in [6, 6.07) is 9.31. The molecule has 0 aliphatic heterocycles. The monoisotopic (exact) mass is 375 g/mol. The van der Waals surface area contributed by atoms with E-state index in [2.05, 4.69) is 10.1 Å². The maximum atomic E-state index is 13.2. The van der Waals surface area contributed by atoms with E-state index in [1.165, 1.54) is 29.2 Å². The molecule has 2 heterocycles. The molecule has 0 unspecified atom stereocenters. The van der Waals surface area contributed by atoms with Gasteiger partial charge in [0.05, 0.1) is 0 Å². The Balaban J connectivity index is 2.01. The lowest BCUT2D eigenvalue weighted by molar-refractivity contribution is 0.245. The Labute approximate surface area is 153 Å². The molecule has 0 aliphatic rings. The molecule has 1 aromatic carbocycles. The van der Waals surface area contributed by atoms with Crippen LogP contribution in [0.5, 0.6) is 0 Å². The van der Waals surface area contributed by atoms with Gasteiger partial charge in [0.1, 0.15) is 17.3 Å². The van der Waals surface area contributed by atoms with Crippen molar-refractivity contribution in [2.75, 3.05) is 4.90 Å². The molecule has 0 saturated carbocycles. The van der Waals surface area contributed by atoms with E-state index in [4.69, 9.17) is 11.6 Å². The fourth-order valence-corrected chi connectivity index (χ4v) is 2.61. The Morgan fingerprint density at radius 1 is 1.19 bits per heavy atom. The maximum Gasteiger partial charge on any atom is 0.360 e. The third kappa shape index (κ3) is 3.36. The van der Waals surface area contributed by atoms with Gasteiger partial charge in [0.15, 0.2) is 5.82 Å². The number of carbonyl (C=O) groups excluding carboxylic acids is 1. The maximum absolute atomic E-state index is 13.2. The summed E-state index contributed by atoms with van der Waals surface area (Å²) in [7, 11) is 0. The Morgan fingerprint density at radius 3 is 2.50 bits per heavy atom. The van der Waals surface area contributed by atoms with Gasteiger partial charge < -0.3 is 0 Å². The number of amides is 1. The number of carbonyl (C=O) groups is 1. The van der Waals surface area contributed by atoms with Gasteiger partial charge in [-0.05, 0) is 50.2 Å². The van der Waals surface area contributed by atoms with Gasteiger partial charge in [0.2, 0.25) is 0 Å². The minimum Gasteiger partial charge on any atom is -0.291 e. The van der Waals surface area contributed by atoms with Crippen LogP contribution in [0.3, 0.4) is 0 Å². The lowest BCUT2D eigenvalue weighted by Crippen LogP contribution is -2.43. The number of pyridine rings is 1. The average Bonchev–Trinajstić information content (AvgIpc) is 2.98. The van der Waals surface area contributed by atoms with Crippen LogP contribution in [0.1, 0.15) is 13.8 Å². The molecule has 3 rings (SSSR count). The number of anilines is 1. The van der Waals surface area contributed by atoms with Crippen LogP contribution in [0.2, 0.25) is 5.15 Å². The lowest BCUT2D eigenvalue weighted by atomic mass is 10.2. The SMILES string of the molecule is CC(C)N(C(=O)n1cnn(-c2cccc(Cl)n2)c1=O)c1ccc(F)cc1. The minimum absolute atomic E-state index is 0.199. The van der Waals surface area contributed by atoms with Gasteiger partial charge in [-0.25, -0.2) is 19.0 Å². The van der Waals surface area contributed by atoms with E-state index in [-0.39, 0.29) is 17.0 Å². The molecule has 0 fully saturated rings. The van der Waals surface area contributed by atoms with E-state index in [1.54, 1.807) is 32.0 Å². The van der Waals surface area contributed by atoms with Crippen LogP contribution in [-0.4, -0.2) is 31.4 Å². The highest BCUT2D eigenvalue weighted by molar-refractivity contribution is 6.29. The quantitative estimate of drug-likeness (QED) is 0.659. The summed E-state index contributed by atoms with van der Waals surface area (Å²) in [6.07, 6.45) is 1.12. The topological polar surface area (TPSA) is 73.0 Å². The van der Waals surface area contributed by atoms with Crippen LogP contribution in [0.25, 0.3) is 5.82 Å². The number of hydrogen-bond acceptors (Lipinski definition) is 4. The summed E-state index contributed by atoms with van der Waals surface area (Å²) < 4.78 is 15.0. The van der Waals surface area contributed by atoms with Crippen molar-refractivity contribution in [2.24, 2.45) is 0 Å². The zero-order valence-corrected chi connectivity index (χ0v) is 14.8. The molecule has 0 spiro atoms. The molecule has 9 heteroatoms. The first-order chi connectivity index (χ1) is 12.4. The van der Waals surface area contributed by atoms with E-state index in [9.17, 15) is 14.0 Å². The largest absolute Gasteiger partial charge is 0.360 e. The summed E-state index contributed by atoms with van der Waals surface area (Å²) in [5.74, 6) is -0.214. The molecule has 7 nitrogen and oxygen atoms in total. The van der Waals surface area contributed by atoms with Gasteiger partial charge in [0.25, 0.3) is 0 Å². The zero-order chi connectivity index (χ0) is 18.8. The summed E-state index contributed by atoms with van der Waals surface area (Å²) in [5, 5.41) is 4.14. The van der Waals surface area contributed by atoms with Crippen LogP contribution in [0.15, 0.2) is 53.6 Å². The van der Waals surface area contributed by atoms with Gasteiger partial charge in [-0.1, -0.05) is 17.7 Å². The number of rotatable bonds is 3. The molecular weight excluding hydrogens is 361 g/mol. The van der Waals surface area contributed by atoms with E-state index >= 15 is 0 Å². The fourth-order valence-electron chi connectivity index (χ4n) is 2.46. The Morgan fingerprint density at radius 2 is 1.88 bits per heavy atom. The summed E-state index contributed by atoms with van der Waals surface area (Å²) in [5.41, 5.74) is -0.218. The molecule has 0 aliphatic carbocycles. The second-order valence-corrected chi connectivity index (χ2v) is 6.12. The van der Waals surface area contributed by atoms with Crippen LogP contribution in [0, 0.1) is 5.82 Å². The Hall–Kier alpha value is -3.00. The highest BCUT2D eigenvalue weighted by atomic mass is 35.5. The smallest absolute Gasteiger partial charge is 0.291 e. The first kappa shape index (κ1) is 17.8. The summed E-state index contributed by atoms with van der Waals surface area (Å²) >= 11 is 5.83. The highest BCUT2D eigenvalue weighted by Gasteiger charge is 2.24. The van der Waals surface area contributed by atoms with Gasteiger partial charge in [-0.3, -0.25) is 4.90 Å². The molecule has 0 bridgehead atoms. The molecule has 3 aromatic rings. The zero-order valence-electron chi connectivity index (χ0n) is 14.0. The highest BCUT2D eigenvalue weighted by Crippen LogP contribution is 2.18. The standard InChI is InChI=1S/C17H15ClFN5O2/c1-11(2)23(13-8-6-12(19)7-9-13)16(25)22-10-20-24(17(22)26)15-5-3-4-14(18)21-15/h3-11H,1-2H3. The molecule has 0 radical (unpaired) electrons. The van der Waals surface area contributed by atoms with E-state index in [0.717, 1.165) is 15.6 Å². The number of nitrogens with zero attached hydrogens (tertiary/aromatic N) is 5. The van der Waals surface area contributed by atoms with Crippen LogP contribution >= 0.6 is 11.6 Å². The van der Waals surface area contributed by atoms with Gasteiger partial charge >= 0.3 is 11.7 Å². The molecule has 26 heavy (non-hydrogen) atoms. The third-order valence-electron chi connectivity index (χ3n) is 3.62. The first-order valence-electron chi connectivity index (χ1n) is 7.77.